The van der Waals surface area contributed by atoms with Crippen LogP contribution in [0.25, 0.3) is 11.1 Å². The van der Waals surface area contributed by atoms with Gasteiger partial charge in [-0.3, -0.25) is 19.2 Å². The predicted molar refractivity (Wildman–Crippen MR) is 148 cm³/mol. The van der Waals surface area contributed by atoms with Crippen LogP contribution in [0.15, 0.2) is 84.9 Å². The summed E-state index contributed by atoms with van der Waals surface area (Å²) in [5.74, 6) is -4.11. The Labute approximate surface area is 237 Å². The lowest BCUT2D eigenvalue weighted by Crippen LogP contribution is -2.15. The molecule has 0 aromatic heterocycles. The van der Waals surface area contributed by atoms with Crippen molar-refractivity contribution in [1.29, 1.82) is 0 Å². The molecule has 0 atom stereocenters. The standard InChI is InChI=1S/C30H20N2O10/c33-15-41-25-12-6-20(14-26(25)42-16-34)28(36)32-22-9-3-18(4-10-22)17-1-7-21(8-2-17)31-27(35)19-5-11-23(29(37)38)24(13-19)30(39)40/h1-16H,(H,31,35)(H,32,36)(H,37,38)(H,39,40). The van der Waals surface area contributed by atoms with Crippen molar-refractivity contribution in [2.75, 3.05) is 10.6 Å². The Hall–Kier alpha value is -6.30. The highest BCUT2D eigenvalue weighted by Crippen LogP contribution is 2.29. The number of nitrogens with one attached hydrogen (secondary N) is 2. The maximum Gasteiger partial charge on any atom is 0.336 e. The number of benzene rings is 4. The van der Waals surface area contributed by atoms with E-state index in [9.17, 15) is 33.9 Å². The van der Waals surface area contributed by atoms with Crippen LogP contribution in [-0.2, 0) is 9.59 Å². The van der Waals surface area contributed by atoms with Crippen LogP contribution < -0.4 is 20.1 Å². The molecule has 4 aromatic rings. The second-order valence-electron chi connectivity index (χ2n) is 8.52. The molecule has 0 saturated heterocycles. The lowest BCUT2D eigenvalue weighted by Gasteiger charge is -2.10. The van der Waals surface area contributed by atoms with Crippen molar-refractivity contribution in [2.45, 2.75) is 0 Å². The van der Waals surface area contributed by atoms with Gasteiger partial charge in [-0.15, -0.1) is 0 Å². The van der Waals surface area contributed by atoms with E-state index in [1.54, 1.807) is 48.5 Å². The lowest BCUT2D eigenvalue weighted by molar-refractivity contribution is -0.123. The molecule has 0 aliphatic carbocycles. The average molecular weight is 568 g/mol. The molecule has 2 amide bonds. The van der Waals surface area contributed by atoms with E-state index in [4.69, 9.17) is 14.6 Å². The fourth-order valence-electron chi connectivity index (χ4n) is 3.89. The number of carboxylic acids is 2. The molecule has 0 bridgehead atoms. The van der Waals surface area contributed by atoms with Crippen molar-refractivity contribution in [2.24, 2.45) is 0 Å². The summed E-state index contributed by atoms with van der Waals surface area (Å²) in [5, 5.41) is 23.8. The van der Waals surface area contributed by atoms with Crippen LogP contribution in [0.5, 0.6) is 11.5 Å². The van der Waals surface area contributed by atoms with Crippen molar-refractivity contribution < 1.29 is 48.5 Å². The Bertz CT molecular complexity index is 1700. The van der Waals surface area contributed by atoms with Gasteiger partial charge in [0.05, 0.1) is 11.1 Å². The second kappa shape index (κ2) is 12.7. The number of carboxylic acid groups (broad SMARTS) is 2. The number of ether oxygens (including phenoxy) is 2. The van der Waals surface area contributed by atoms with Crippen LogP contribution >= 0.6 is 0 Å². The molecule has 4 rings (SSSR count). The van der Waals surface area contributed by atoms with Gasteiger partial charge in [-0.1, -0.05) is 24.3 Å². The third kappa shape index (κ3) is 6.63. The Morgan fingerprint density at radius 3 is 1.48 bits per heavy atom. The zero-order chi connectivity index (χ0) is 30.2. The van der Waals surface area contributed by atoms with Gasteiger partial charge in [0.1, 0.15) is 0 Å². The molecule has 0 heterocycles. The van der Waals surface area contributed by atoms with Crippen LogP contribution in [0.1, 0.15) is 41.4 Å². The zero-order valence-electron chi connectivity index (χ0n) is 21.4. The normalized spacial score (nSPS) is 10.2. The van der Waals surface area contributed by atoms with Crippen molar-refractivity contribution in [1.82, 2.24) is 0 Å². The van der Waals surface area contributed by atoms with E-state index in [1.807, 2.05) is 0 Å². The number of carbonyl (C=O) groups excluding carboxylic acids is 4. The number of amides is 2. The summed E-state index contributed by atoms with van der Waals surface area (Å²) in [6, 6.07) is 20.9. The van der Waals surface area contributed by atoms with Gasteiger partial charge < -0.3 is 30.3 Å². The number of hydrogen-bond acceptors (Lipinski definition) is 8. The number of carbonyl (C=O) groups is 6. The summed E-state index contributed by atoms with van der Waals surface area (Å²) in [6.45, 7) is 0.312. The summed E-state index contributed by atoms with van der Waals surface area (Å²) in [5.41, 5.74) is 1.73. The Kier molecular flexibility index (Phi) is 8.68. The van der Waals surface area contributed by atoms with Crippen LogP contribution in [0.2, 0.25) is 0 Å². The first-order chi connectivity index (χ1) is 20.2. The van der Waals surface area contributed by atoms with Gasteiger partial charge >= 0.3 is 11.9 Å². The molecule has 0 aliphatic heterocycles. The molecule has 0 unspecified atom stereocenters. The number of anilines is 2. The molecular weight excluding hydrogens is 548 g/mol. The lowest BCUT2D eigenvalue weighted by atomic mass is 10.0. The monoisotopic (exact) mass is 568 g/mol. The van der Waals surface area contributed by atoms with E-state index in [2.05, 4.69) is 10.6 Å². The molecule has 12 heteroatoms. The smallest absolute Gasteiger partial charge is 0.336 e. The minimum absolute atomic E-state index is 0.0168. The molecule has 0 fully saturated rings. The van der Waals surface area contributed by atoms with E-state index in [-0.39, 0.29) is 35.6 Å². The summed E-state index contributed by atoms with van der Waals surface area (Å²) in [4.78, 5) is 69.2. The minimum Gasteiger partial charge on any atom is -0.478 e. The highest BCUT2D eigenvalue weighted by Gasteiger charge is 2.19. The summed E-state index contributed by atoms with van der Waals surface area (Å²) in [6.07, 6.45) is 0. The minimum atomic E-state index is -1.46. The summed E-state index contributed by atoms with van der Waals surface area (Å²) in [7, 11) is 0. The first kappa shape index (κ1) is 28.7. The molecule has 4 aromatic carbocycles. The Morgan fingerprint density at radius 2 is 1.00 bits per heavy atom. The Morgan fingerprint density at radius 1 is 0.548 bits per heavy atom. The highest BCUT2D eigenvalue weighted by atomic mass is 16.6. The Balaban J connectivity index is 1.42. The van der Waals surface area contributed by atoms with Crippen LogP contribution in [0.3, 0.4) is 0 Å². The maximum absolute atomic E-state index is 12.7. The molecule has 12 nitrogen and oxygen atoms in total. The quantitative estimate of drug-likeness (QED) is 0.190. The SMILES string of the molecule is O=COc1ccc(C(=O)Nc2ccc(-c3ccc(NC(=O)c4ccc(C(=O)O)c(C(=O)O)c4)cc3)cc2)cc1OC=O. The van der Waals surface area contributed by atoms with Gasteiger partial charge in [0.2, 0.25) is 0 Å². The molecule has 42 heavy (non-hydrogen) atoms. The summed E-state index contributed by atoms with van der Waals surface area (Å²) >= 11 is 0. The fourth-order valence-corrected chi connectivity index (χ4v) is 3.89. The van der Waals surface area contributed by atoms with Crippen molar-refractivity contribution in [3.05, 3.63) is 107 Å². The van der Waals surface area contributed by atoms with Crippen LogP contribution in [-0.4, -0.2) is 46.9 Å². The van der Waals surface area contributed by atoms with E-state index in [0.717, 1.165) is 23.3 Å². The number of rotatable bonds is 11. The van der Waals surface area contributed by atoms with Crippen molar-refractivity contribution >= 4 is 48.1 Å². The maximum atomic E-state index is 12.7. The molecule has 0 saturated carbocycles. The van der Waals surface area contributed by atoms with E-state index < -0.39 is 34.9 Å². The van der Waals surface area contributed by atoms with Gasteiger partial charge in [-0.2, -0.15) is 0 Å². The number of hydrogen-bond donors (Lipinski definition) is 4. The predicted octanol–water partition coefficient (Wildman–Crippen LogP) is 4.33. The fraction of sp³-hybridized carbons (Fsp3) is 0. The van der Waals surface area contributed by atoms with E-state index in [0.29, 0.717) is 11.4 Å². The van der Waals surface area contributed by atoms with Gasteiger partial charge in [0.25, 0.3) is 24.8 Å². The van der Waals surface area contributed by atoms with E-state index >= 15 is 0 Å². The van der Waals surface area contributed by atoms with Gasteiger partial charge in [-0.05, 0) is 71.8 Å². The molecule has 0 spiro atoms. The van der Waals surface area contributed by atoms with Crippen molar-refractivity contribution in [3.8, 4) is 22.6 Å². The van der Waals surface area contributed by atoms with Crippen LogP contribution in [0, 0.1) is 0 Å². The summed E-state index contributed by atoms with van der Waals surface area (Å²) < 4.78 is 9.48. The molecule has 4 N–H and O–H groups in total. The molecular formula is C30H20N2O10. The third-order valence-electron chi connectivity index (χ3n) is 5.92. The molecule has 210 valence electrons. The third-order valence-corrected chi connectivity index (χ3v) is 5.92. The van der Waals surface area contributed by atoms with Crippen molar-refractivity contribution in [3.63, 3.8) is 0 Å². The topological polar surface area (TPSA) is 185 Å². The first-order valence-corrected chi connectivity index (χ1v) is 12.0. The van der Waals surface area contributed by atoms with Gasteiger partial charge in [-0.25, -0.2) is 9.59 Å². The average Bonchev–Trinajstić information content (AvgIpc) is 2.98. The van der Waals surface area contributed by atoms with Crippen LogP contribution in [0.4, 0.5) is 11.4 Å². The number of aromatic carboxylic acids is 2. The van der Waals surface area contributed by atoms with E-state index in [1.165, 1.54) is 24.3 Å². The second-order valence-corrected chi connectivity index (χ2v) is 8.52. The molecule has 0 aliphatic rings. The first-order valence-electron chi connectivity index (χ1n) is 12.0. The molecule has 0 radical (unpaired) electrons. The largest absolute Gasteiger partial charge is 0.478 e. The highest BCUT2D eigenvalue weighted by molar-refractivity contribution is 6.08. The van der Waals surface area contributed by atoms with Gasteiger partial charge in [0.15, 0.2) is 11.5 Å². The van der Waals surface area contributed by atoms with Gasteiger partial charge in [0, 0.05) is 22.5 Å². The zero-order valence-corrected chi connectivity index (χ0v) is 21.4.